The first-order chi connectivity index (χ1) is 14.4. The van der Waals surface area contributed by atoms with E-state index in [2.05, 4.69) is 4.90 Å². The number of carbonyl (C=O) groups is 2. The van der Waals surface area contributed by atoms with Gasteiger partial charge in [0.25, 0.3) is 11.7 Å². The van der Waals surface area contributed by atoms with Crippen molar-refractivity contribution in [3.63, 3.8) is 0 Å². The van der Waals surface area contributed by atoms with E-state index in [1.165, 1.54) is 30.4 Å². The van der Waals surface area contributed by atoms with Crippen molar-refractivity contribution in [3.05, 3.63) is 59.3 Å². The van der Waals surface area contributed by atoms with Gasteiger partial charge in [0.05, 0.1) is 24.5 Å². The normalized spacial score (nSPS) is 18.4. The molecule has 8 heteroatoms. The second-order valence-electron chi connectivity index (χ2n) is 6.88. The molecule has 2 aromatic rings. The number of furan rings is 1. The van der Waals surface area contributed by atoms with Crippen LogP contribution in [0.1, 0.15) is 31.2 Å². The van der Waals surface area contributed by atoms with Crippen LogP contribution in [0.3, 0.4) is 0 Å². The zero-order valence-electron chi connectivity index (χ0n) is 17.2. The summed E-state index contributed by atoms with van der Waals surface area (Å²) in [6, 6.07) is 5.96. The average molecular weight is 416 g/mol. The fraction of sp³-hybridized carbons (Fsp3) is 0.364. The number of nitrogens with zero attached hydrogens (tertiary/aromatic N) is 2. The molecule has 1 aliphatic heterocycles. The number of aliphatic hydroxyl groups excluding tert-OH is 1. The van der Waals surface area contributed by atoms with E-state index in [-0.39, 0.29) is 23.4 Å². The molecule has 1 amide bonds. The van der Waals surface area contributed by atoms with Crippen molar-refractivity contribution in [2.45, 2.75) is 19.9 Å². The number of hydrogen-bond acceptors (Lipinski definition) is 6. The number of benzene rings is 1. The lowest BCUT2D eigenvalue weighted by Crippen LogP contribution is -2.37. The Hall–Kier alpha value is -3.13. The largest absolute Gasteiger partial charge is 0.507 e. The molecule has 3 rings (SSSR count). The number of amides is 1. The lowest BCUT2D eigenvalue weighted by atomic mass is 9.98. The molecule has 0 aliphatic carbocycles. The Morgan fingerprint density at radius 1 is 1.27 bits per heavy atom. The van der Waals surface area contributed by atoms with E-state index in [1.54, 1.807) is 12.1 Å². The van der Waals surface area contributed by atoms with E-state index in [1.807, 2.05) is 13.8 Å². The molecule has 1 aliphatic rings. The highest BCUT2D eigenvalue weighted by Gasteiger charge is 2.47. The van der Waals surface area contributed by atoms with Gasteiger partial charge in [-0.05, 0) is 43.4 Å². The molecule has 0 spiro atoms. The maximum atomic E-state index is 13.9. The Bertz CT molecular complexity index is 950. The first-order valence-electron chi connectivity index (χ1n) is 9.80. The van der Waals surface area contributed by atoms with Crippen LogP contribution in [0.5, 0.6) is 5.75 Å². The van der Waals surface area contributed by atoms with Crippen molar-refractivity contribution in [2.75, 3.05) is 33.3 Å². The number of likely N-dealkylation sites (N-methyl/N-ethyl adjacent to an activating group) is 1. The third-order valence-electron chi connectivity index (χ3n) is 5.32. The Balaban J connectivity index is 2.11. The van der Waals surface area contributed by atoms with E-state index in [0.29, 0.717) is 12.3 Å². The lowest BCUT2D eigenvalue weighted by molar-refractivity contribution is -0.140. The molecular weight excluding hydrogens is 391 g/mol. The summed E-state index contributed by atoms with van der Waals surface area (Å²) >= 11 is 0. The second-order valence-corrected chi connectivity index (χ2v) is 6.88. The number of methoxy groups -OCH3 is 1. The summed E-state index contributed by atoms with van der Waals surface area (Å²) in [5.41, 5.74) is -0.158. The molecule has 2 heterocycles. The maximum absolute atomic E-state index is 13.9. The highest BCUT2D eigenvalue weighted by atomic mass is 19.1. The lowest BCUT2D eigenvalue weighted by Gasteiger charge is -2.26. The number of hydrogen-bond donors (Lipinski definition) is 1. The van der Waals surface area contributed by atoms with Gasteiger partial charge in [-0.15, -0.1) is 0 Å². The van der Waals surface area contributed by atoms with Gasteiger partial charge in [-0.25, -0.2) is 4.39 Å². The van der Waals surface area contributed by atoms with Crippen LogP contribution in [-0.2, 0) is 9.59 Å². The van der Waals surface area contributed by atoms with Gasteiger partial charge < -0.3 is 24.1 Å². The fourth-order valence-corrected chi connectivity index (χ4v) is 3.65. The van der Waals surface area contributed by atoms with Crippen LogP contribution in [0.4, 0.5) is 4.39 Å². The number of carbonyl (C=O) groups excluding carboxylic acids is 2. The highest BCUT2D eigenvalue weighted by molar-refractivity contribution is 6.46. The summed E-state index contributed by atoms with van der Waals surface area (Å²) in [6.07, 6.45) is 1.43. The molecule has 1 saturated heterocycles. The number of likely N-dealkylation sites (tertiary alicyclic amines) is 1. The minimum Gasteiger partial charge on any atom is -0.507 e. The summed E-state index contributed by atoms with van der Waals surface area (Å²) in [5, 5.41) is 11.0. The van der Waals surface area contributed by atoms with E-state index in [0.717, 1.165) is 19.2 Å². The van der Waals surface area contributed by atoms with Crippen LogP contribution >= 0.6 is 0 Å². The molecule has 1 unspecified atom stereocenters. The first-order valence-corrected chi connectivity index (χ1v) is 9.80. The van der Waals surface area contributed by atoms with Crippen LogP contribution < -0.4 is 4.74 Å². The number of halogens is 1. The fourth-order valence-electron chi connectivity index (χ4n) is 3.65. The molecule has 160 valence electrons. The number of Topliss-reactive ketones (excluding diaryl/α,β-unsaturated/α-hetero) is 1. The van der Waals surface area contributed by atoms with Gasteiger partial charge in [-0.1, -0.05) is 13.8 Å². The SMILES string of the molecule is CCN(CC)CCN1C(=O)C(=O)/C(=C(\O)c2cc(F)ccc2OC)C1c1ccco1. The van der Waals surface area contributed by atoms with E-state index < -0.39 is 29.3 Å². The van der Waals surface area contributed by atoms with Gasteiger partial charge in [0.1, 0.15) is 29.1 Å². The van der Waals surface area contributed by atoms with Gasteiger partial charge in [-0.3, -0.25) is 9.59 Å². The molecule has 7 nitrogen and oxygen atoms in total. The minimum atomic E-state index is -0.913. The van der Waals surface area contributed by atoms with Gasteiger partial charge in [0.15, 0.2) is 0 Å². The predicted octanol–water partition coefficient (Wildman–Crippen LogP) is 3.19. The van der Waals surface area contributed by atoms with Gasteiger partial charge in [0.2, 0.25) is 0 Å². The van der Waals surface area contributed by atoms with Gasteiger partial charge >= 0.3 is 0 Å². The molecule has 0 saturated carbocycles. The molecular formula is C22H25FN2O5. The van der Waals surface area contributed by atoms with Crippen molar-refractivity contribution in [1.29, 1.82) is 0 Å². The third-order valence-corrected chi connectivity index (χ3v) is 5.32. The van der Waals surface area contributed by atoms with E-state index in [9.17, 15) is 19.1 Å². The van der Waals surface area contributed by atoms with Crippen LogP contribution in [0, 0.1) is 5.82 Å². The maximum Gasteiger partial charge on any atom is 0.295 e. The van der Waals surface area contributed by atoms with Crippen molar-refractivity contribution < 1.29 is 28.2 Å². The Kier molecular flexibility index (Phi) is 6.56. The predicted molar refractivity (Wildman–Crippen MR) is 108 cm³/mol. The number of ether oxygens (including phenoxy) is 1. The summed E-state index contributed by atoms with van der Waals surface area (Å²) < 4.78 is 24.6. The van der Waals surface area contributed by atoms with Crippen LogP contribution in [0.15, 0.2) is 46.6 Å². The number of ketones is 1. The first kappa shape index (κ1) is 21.6. The third kappa shape index (κ3) is 3.95. The monoisotopic (exact) mass is 416 g/mol. The van der Waals surface area contributed by atoms with Gasteiger partial charge in [-0.2, -0.15) is 0 Å². The standard InChI is InChI=1S/C22H25FN2O5/c1-4-24(5-2)10-11-25-19(17-7-6-12-30-17)18(21(27)22(25)28)20(26)15-13-14(23)8-9-16(15)29-3/h6-9,12-13,19,26H,4-5,10-11H2,1-3H3/b20-18-. The quantitative estimate of drug-likeness (QED) is 0.404. The van der Waals surface area contributed by atoms with E-state index in [4.69, 9.17) is 9.15 Å². The minimum absolute atomic E-state index is 0.00389. The molecule has 1 N–H and O–H groups in total. The average Bonchev–Trinajstić information content (AvgIpc) is 3.36. The van der Waals surface area contributed by atoms with Crippen LogP contribution in [0.2, 0.25) is 0 Å². The van der Waals surface area contributed by atoms with Crippen molar-refractivity contribution >= 4 is 17.4 Å². The summed E-state index contributed by atoms with van der Waals surface area (Å²) in [5.74, 6) is -2.17. The summed E-state index contributed by atoms with van der Waals surface area (Å²) in [7, 11) is 1.37. The molecule has 0 bridgehead atoms. The molecule has 0 radical (unpaired) electrons. The smallest absolute Gasteiger partial charge is 0.295 e. The van der Waals surface area contributed by atoms with Gasteiger partial charge in [0, 0.05) is 13.1 Å². The molecule has 1 atom stereocenters. The topological polar surface area (TPSA) is 83.2 Å². The van der Waals surface area contributed by atoms with Crippen molar-refractivity contribution in [3.8, 4) is 5.75 Å². The molecule has 1 aromatic carbocycles. The van der Waals surface area contributed by atoms with E-state index >= 15 is 0 Å². The van der Waals surface area contributed by atoms with Crippen molar-refractivity contribution in [2.24, 2.45) is 0 Å². The second kappa shape index (κ2) is 9.13. The number of rotatable bonds is 8. The zero-order valence-corrected chi connectivity index (χ0v) is 17.2. The molecule has 1 aromatic heterocycles. The van der Waals surface area contributed by atoms with Crippen LogP contribution in [-0.4, -0.2) is 59.9 Å². The molecule has 1 fully saturated rings. The van der Waals surface area contributed by atoms with Crippen LogP contribution in [0.25, 0.3) is 5.76 Å². The Morgan fingerprint density at radius 2 is 2.00 bits per heavy atom. The Morgan fingerprint density at radius 3 is 2.60 bits per heavy atom. The highest BCUT2D eigenvalue weighted by Crippen LogP contribution is 2.41. The summed E-state index contributed by atoms with van der Waals surface area (Å²) in [4.78, 5) is 29.2. The number of aliphatic hydroxyl groups is 1. The summed E-state index contributed by atoms with van der Waals surface area (Å²) in [6.45, 7) is 6.45. The molecule has 30 heavy (non-hydrogen) atoms. The zero-order chi connectivity index (χ0) is 21.8. The Labute approximate surface area is 174 Å². The van der Waals surface area contributed by atoms with Crippen molar-refractivity contribution in [1.82, 2.24) is 9.80 Å².